The van der Waals surface area contributed by atoms with Gasteiger partial charge in [-0.05, 0) is 44.2 Å². The smallest absolute Gasteiger partial charge is 0.383 e. The lowest BCUT2D eigenvalue weighted by Crippen LogP contribution is -2.43. The van der Waals surface area contributed by atoms with Gasteiger partial charge >= 0.3 is 12.4 Å². The Morgan fingerprint density at radius 2 is 1.69 bits per heavy atom. The van der Waals surface area contributed by atoms with Gasteiger partial charge in [0.05, 0.1) is 27.1 Å². The number of rotatable bonds is 8. The first kappa shape index (κ1) is 25.6. The summed E-state index contributed by atoms with van der Waals surface area (Å²) in [6, 6.07) is 5.13. The maximum atomic E-state index is 13.2. The van der Waals surface area contributed by atoms with E-state index in [1.165, 1.54) is 13.8 Å². The number of benzene rings is 1. The molecule has 0 radical (unpaired) electrons. The van der Waals surface area contributed by atoms with Crippen molar-refractivity contribution in [3.05, 3.63) is 53.9 Å². The van der Waals surface area contributed by atoms with Gasteiger partial charge in [0, 0.05) is 18.9 Å². The van der Waals surface area contributed by atoms with E-state index in [0.29, 0.717) is 12.4 Å². The third kappa shape index (κ3) is 5.59. The number of carbonyl (C=O) groups is 1. The lowest BCUT2D eigenvalue weighted by molar-refractivity contribution is -0.141. The molecule has 1 N–H and O–H groups in total. The van der Waals surface area contributed by atoms with E-state index in [4.69, 9.17) is 0 Å². The molecule has 0 amide bonds. The molecule has 0 aliphatic heterocycles. The van der Waals surface area contributed by atoms with Crippen molar-refractivity contribution in [3.8, 4) is 0 Å². The van der Waals surface area contributed by atoms with Crippen LogP contribution in [0.3, 0.4) is 0 Å². The standard InChI is InChI=1S/C20H20F6N2O3S/c1-18(2,32(30,31)16-5-3-4-13(10-16)19(21,22)23)14(8-9-29)11-27-15-6-7-17(28-12-15)20(24,25)26/h3-7,9-10,12,14,27H,8,11H2,1-2H3. The Bertz CT molecular complexity index is 1050. The van der Waals surface area contributed by atoms with E-state index in [0.717, 1.165) is 36.5 Å². The van der Waals surface area contributed by atoms with Gasteiger partial charge < -0.3 is 10.1 Å². The summed E-state index contributed by atoms with van der Waals surface area (Å²) in [5.41, 5.74) is -2.09. The third-order valence-electron chi connectivity index (χ3n) is 5.13. The van der Waals surface area contributed by atoms with Gasteiger partial charge in [0.15, 0.2) is 9.84 Å². The van der Waals surface area contributed by atoms with Crippen molar-refractivity contribution < 1.29 is 39.6 Å². The number of nitrogens with one attached hydrogen (secondary N) is 1. The van der Waals surface area contributed by atoms with Crippen LogP contribution < -0.4 is 5.32 Å². The Morgan fingerprint density at radius 1 is 1.03 bits per heavy atom. The molecule has 1 heterocycles. The Kier molecular flexibility index (Phi) is 7.28. The first-order valence-corrected chi connectivity index (χ1v) is 10.7. The molecular formula is C20H20F6N2O3S. The molecular weight excluding hydrogens is 462 g/mol. The zero-order chi connectivity index (χ0) is 24.4. The number of aldehydes is 1. The number of anilines is 1. The van der Waals surface area contributed by atoms with Crippen LogP contribution in [0.5, 0.6) is 0 Å². The molecule has 0 aliphatic carbocycles. The maximum Gasteiger partial charge on any atom is 0.433 e. The highest BCUT2D eigenvalue weighted by Gasteiger charge is 2.43. The normalized spacial score (nSPS) is 14.1. The van der Waals surface area contributed by atoms with Crippen LogP contribution in [0.1, 0.15) is 31.5 Å². The highest BCUT2D eigenvalue weighted by atomic mass is 32.2. The predicted molar refractivity (Wildman–Crippen MR) is 105 cm³/mol. The number of sulfone groups is 1. The number of pyridine rings is 1. The highest BCUT2D eigenvalue weighted by molar-refractivity contribution is 7.92. The monoisotopic (exact) mass is 482 g/mol. The minimum atomic E-state index is -4.74. The number of carbonyl (C=O) groups excluding carboxylic acids is 1. The van der Waals surface area contributed by atoms with Crippen molar-refractivity contribution in [2.75, 3.05) is 11.9 Å². The van der Waals surface area contributed by atoms with Crippen molar-refractivity contribution in [1.82, 2.24) is 4.98 Å². The topological polar surface area (TPSA) is 76.1 Å². The predicted octanol–water partition coefficient (Wildman–Crippen LogP) is 4.99. The van der Waals surface area contributed by atoms with Gasteiger partial charge in [-0.25, -0.2) is 13.4 Å². The number of hydrogen-bond donors (Lipinski definition) is 1. The zero-order valence-electron chi connectivity index (χ0n) is 17.0. The molecule has 12 heteroatoms. The fourth-order valence-electron chi connectivity index (χ4n) is 3.00. The Morgan fingerprint density at radius 3 is 2.19 bits per heavy atom. The number of hydrogen-bond acceptors (Lipinski definition) is 5. The SMILES string of the molecule is CC(C)(C(CC=O)CNc1ccc(C(F)(F)F)nc1)S(=O)(=O)c1cccc(C(F)(F)F)c1. The average Bonchev–Trinajstić information content (AvgIpc) is 2.70. The molecule has 1 unspecified atom stereocenters. The number of alkyl halides is 6. The van der Waals surface area contributed by atoms with E-state index in [2.05, 4.69) is 10.3 Å². The second kappa shape index (κ2) is 9.08. The molecule has 5 nitrogen and oxygen atoms in total. The second-order valence-corrected chi connectivity index (χ2v) is 10.1. The fourth-order valence-corrected chi connectivity index (χ4v) is 4.76. The molecule has 32 heavy (non-hydrogen) atoms. The van der Waals surface area contributed by atoms with Crippen LogP contribution in [0.2, 0.25) is 0 Å². The summed E-state index contributed by atoms with van der Waals surface area (Å²) in [7, 11) is -4.34. The molecule has 1 aromatic carbocycles. The van der Waals surface area contributed by atoms with Gasteiger partial charge in [-0.3, -0.25) is 0 Å². The molecule has 0 saturated heterocycles. The van der Waals surface area contributed by atoms with E-state index >= 15 is 0 Å². The minimum absolute atomic E-state index is 0.154. The summed E-state index contributed by atoms with van der Waals surface area (Å²) < 4.78 is 102. The summed E-state index contributed by atoms with van der Waals surface area (Å²) in [5, 5.41) is 2.74. The van der Waals surface area contributed by atoms with Gasteiger partial charge in [0.2, 0.25) is 0 Å². The van der Waals surface area contributed by atoms with Gasteiger partial charge in [-0.2, -0.15) is 26.3 Å². The average molecular weight is 482 g/mol. The Balaban J connectivity index is 2.30. The molecule has 1 aromatic heterocycles. The molecule has 0 spiro atoms. The van der Waals surface area contributed by atoms with Crippen LogP contribution in [0.15, 0.2) is 47.5 Å². The van der Waals surface area contributed by atoms with Crippen LogP contribution in [-0.2, 0) is 27.0 Å². The quantitative estimate of drug-likeness (QED) is 0.424. The van der Waals surface area contributed by atoms with Crippen LogP contribution in [0.4, 0.5) is 32.0 Å². The maximum absolute atomic E-state index is 13.2. The lowest BCUT2D eigenvalue weighted by Gasteiger charge is -2.33. The van der Waals surface area contributed by atoms with Crippen molar-refractivity contribution in [2.24, 2.45) is 5.92 Å². The number of nitrogens with zero attached hydrogens (tertiary/aromatic N) is 1. The van der Waals surface area contributed by atoms with E-state index < -0.39 is 49.0 Å². The fraction of sp³-hybridized carbons (Fsp3) is 0.400. The largest absolute Gasteiger partial charge is 0.433 e. The van der Waals surface area contributed by atoms with E-state index in [1.54, 1.807) is 0 Å². The molecule has 0 fully saturated rings. The summed E-state index contributed by atoms with van der Waals surface area (Å²) in [6.45, 7) is 2.41. The van der Waals surface area contributed by atoms with Crippen LogP contribution >= 0.6 is 0 Å². The summed E-state index contributed by atoms with van der Waals surface area (Å²) in [4.78, 5) is 13.9. The number of aromatic nitrogens is 1. The summed E-state index contributed by atoms with van der Waals surface area (Å²) in [6.07, 6.45) is -8.24. The molecule has 1 atom stereocenters. The lowest BCUT2D eigenvalue weighted by atomic mass is 9.92. The van der Waals surface area contributed by atoms with Gasteiger partial charge in [0.1, 0.15) is 12.0 Å². The van der Waals surface area contributed by atoms with Gasteiger partial charge in [-0.15, -0.1) is 0 Å². The van der Waals surface area contributed by atoms with Crippen LogP contribution in [0, 0.1) is 5.92 Å². The minimum Gasteiger partial charge on any atom is -0.383 e. The van der Waals surface area contributed by atoms with Crippen molar-refractivity contribution in [2.45, 2.75) is 42.3 Å². The first-order chi connectivity index (χ1) is 14.6. The summed E-state index contributed by atoms with van der Waals surface area (Å²) in [5.74, 6) is -0.915. The first-order valence-electron chi connectivity index (χ1n) is 9.23. The number of halogens is 6. The molecule has 2 aromatic rings. The van der Waals surface area contributed by atoms with Crippen LogP contribution in [0.25, 0.3) is 0 Å². The Labute approximate surface area is 180 Å². The molecule has 0 aliphatic rings. The van der Waals surface area contributed by atoms with E-state index in [9.17, 15) is 39.6 Å². The van der Waals surface area contributed by atoms with Crippen LogP contribution in [-0.4, -0.2) is 31.0 Å². The molecule has 2 rings (SSSR count). The van der Waals surface area contributed by atoms with Gasteiger partial charge in [-0.1, -0.05) is 6.07 Å². The highest BCUT2D eigenvalue weighted by Crippen LogP contribution is 2.37. The van der Waals surface area contributed by atoms with Crippen molar-refractivity contribution in [1.29, 1.82) is 0 Å². The molecule has 176 valence electrons. The van der Waals surface area contributed by atoms with E-state index in [1.807, 2.05) is 0 Å². The van der Waals surface area contributed by atoms with E-state index in [-0.39, 0.29) is 18.7 Å². The third-order valence-corrected chi connectivity index (χ3v) is 7.73. The van der Waals surface area contributed by atoms with Crippen molar-refractivity contribution in [3.63, 3.8) is 0 Å². The second-order valence-electron chi connectivity index (χ2n) is 7.54. The summed E-state index contributed by atoms with van der Waals surface area (Å²) >= 11 is 0. The van der Waals surface area contributed by atoms with Crippen molar-refractivity contribution >= 4 is 21.8 Å². The van der Waals surface area contributed by atoms with Gasteiger partial charge in [0.25, 0.3) is 0 Å². The zero-order valence-corrected chi connectivity index (χ0v) is 17.8. The molecule has 0 saturated carbocycles. The Hall–Kier alpha value is -2.63. The molecule has 0 bridgehead atoms.